The monoisotopic (exact) mass is 221 g/mol. The van der Waals surface area contributed by atoms with Crippen LogP contribution in [-0.2, 0) is 11.2 Å². The lowest BCUT2D eigenvalue weighted by molar-refractivity contribution is 0.140. The third-order valence-corrected chi connectivity index (χ3v) is 2.80. The van der Waals surface area contributed by atoms with Gasteiger partial charge in [-0.3, -0.25) is 0 Å². The Labute approximate surface area is 96.5 Å². The number of ether oxygens (including phenoxy) is 2. The van der Waals surface area contributed by atoms with Crippen LogP contribution in [0.15, 0.2) is 24.3 Å². The molecule has 0 spiro atoms. The number of aryl methyl sites for hydroxylation is 1. The van der Waals surface area contributed by atoms with Gasteiger partial charge in [0.25, 0.3) is 0 Å². The van der Waals surface area contributed by atoms with E-state index in [1.807, 2.05) is 18.2 Å². The molecule has 1 unspecified atom stereocenters. The molecule has 3 heteroatoms. The number of rotatable bonds is 5. The SMILES string of the molecule is NCCCc1ccccc1OC1CCOC1. The van der Waals surface area contributed by atoms with Crippen molar-refractivity contribution in [1.29, 1.82) is 0 Å². The van der Waals surface area contributed by atoms with Gasteiger partial charge in [0, 0.05) is 6.42 Å². The zero-order valence-corrected chi connectivity index (χ0v) is 9.52. The van der Waals surface area contributed by atoms with E-state index in [-0.39, 0.29) is 6.10 Å². The highest BCUT2D eigenvalue weighted by atomic mass is 16.5. The van der Waals surface area contributed by atoms with Crippen molar-refractivity contribution >= 4 is 0 Å². The molecule has 0 amide bonds. The second-order valence-electron chi connectivity index (χ2n) is 4.10. The van der Waals surface area contributed by atoms with Gasteiger partial charge in [-0.25, -0.2) is 0 Å². The maximum Gasteiger partial charge on any atom is 0.124 e. The van der Waals surface area contributed by atoms with Gasteiger partial charge in [-0.2, -0.15) is 0 Å². The van der Waals surface area contributed by atoms with Gasteiger partial charge in [0.05, 0.1) is 13.2 Å². The number of para-hydroxylation sites is 1. The second kappa shape index (κ2) is 5.87. The van der Waals surface area contributed by atoms with E-state index in [2.05, 4.69) is 6.07 Å². The second-order valence-corrected chi connectivity index (χ2v) is 4.10. The zero-order valence-electron chi connectivity index (χ0n) is 9.52. The Morgan fingerprint density at radius 2 is 2.25 bits per heavy atom. The molecule has 1 aromatic carbocycles. The summed E-state index contributed by atoms with van der Waals surface area (Å²) in [5, 5.41) is 0. The molecule has 1 aromatic rings. The molecule has 0 aliphatic carbocycles. The quantitative estimate of drug-likeness (QED) is 0.823. The summed E-state index contributed by atoms with van der Waals surface area (Å²) in [6, 6.07) is 8.20. The summed E-state index contributed by atoms with van der Waals surface area (Å²) in [6.07, 6.45) is 3.20. The Morgan fingerprint density at radius 1 is 1.38 bits per heavy atom. The van der Waals surface area contributed by atoms with Crippen molar-refractivity contribution in [2.75, 3.05) is 19.8 Å². The lowest BCUT2D eigenvalue weighted by Crippen LogP contribution is -2.16. The summed E-state index contributed by atoms with van der Waals surface area (Å²) in [7, 11) is 0. The van der Waals surface area contributed by atoms with Crippen molar-refractivity contribution in [1.82, 2.24) is 0 Å². The van der Waals surface area contributed by atoms with Crippen LogP contribution in [0.4, 0.5) is 0 Å². The average molecular weight is 221 g/mol. The Hall–Kier alpha value is -1.06. The van der Waals surface area contributed by atoms with Crippen LogP contribution < -0.4 is 10.5 Å². The molecular weight excluding hydrogens is 202 g/mol. The normalized spacial score (nSPS) is 19.9. The van der Waals surface area contributed by atoms with Gasteiger partial charge in [0.15, 0.2) is 0 Å². The number of benzene rings is 1. The van der Waals surface area contributed by atoms with Crippen LogP contribution in [0.2, 0.25) is 0 Å². The lowest BCUT2D eigenvalue weighted by atomic mass is 10.1. The van der Waals surface area contributed by atoms with Crippen molar-refractivity contribution in [2.45, 2.75) is 25.4 Å². The zero-order chi connectivity index (χ0) is 11.2. The molecule has 0 saturated carbocycles. The van der Waals surface area contributed by atoms with E-state index in [4.69, 9.17) is 15.2 Å². The fourth-order valence-corrected chi connectivity index (χ4v) is 1.90. The largest absolute Gasteiger partial charge is 0.488 e. The highest BCUT2D eigenvalue weighted by Crippen LogP contribution is 2.22. The van der Waals surface area contributed by atoms with E-state index in [1.165, 1.54) is 5.56 Å². The summed E-state index contributed by atoms with van der Waals surface area (Å²) in [6.45, 7) is 2.25. The highest BCUT2D eigenvalue weighted by molar-refractivity contribution is 5.33. The molecular formula is C13H19NO2. The van der Waals surface area contributed by atoms with E-state index >= 15 is 0 Å². The van der Waals surface area contributed by atoms with Gasteiger partial charge in [0.2, 0.25) is 0 Å². The summed E-state index contributed by atoms with van der Waals surface area (Å²) in [4.78, 5) is 0. The number of nitrogens with two attached hydrogens (primary N) is 1. The molecule has 2 rings (SSSR count). The first-order valence-corrected chi connectivity index (χ1v) is 5.92. The van der Waals surface area contributed by atoms with Crippen LogP contribution in [0.25, 0.3) is 0 Å². The predicted octanol–water partition coefficient (Wildman–Crippen LogP) is 1.75. The van der Waals surface area contributed by atoms with Crippen LogP contribution in [0.1, 0.15) is 18.4 Å². The highest BCUT2D eigenvalue weighted by Gasteiger charge is 2.18. The average Bonchev–Trinajstić information content (AvgIpc) is 2.81. The molecule has 1 atom stereocenters. The Kier molecular flexibility index (Phi) is 4.19. The molecule has 1 heterocycles. The molecule has 0 radical (unpaired) electrons. The van der Waals surface area contributed by atoms with Gasteiger partial charge in [0.1, 0.15) is 11.9 Å². The summed E-state index contributed by atoms with van der Waals surface area (Å²) < 4.78 is 11.2. The minimum absolute atomic E-state index is 0.221. The van der Waals surface area contributed by atoms with Crippen LogP contribution in [0.5, 0.6) is 5.75 Å². The Bertz CT molecular complexity index is 321. The first-order valence-electron chi connectivity index (χ1n) is 5.92. The van der Waals surface area contributed by atoms with Gasteiger partial charge in [-0.05, 0) is 31.0 Å². The lowest BCUT2D eigenvalue weighted by Gasteiger charge is -2.15. The van der Waals surface area contributed by atoms with Gasteiger partial charge in [-0.15, -0.1) is 0 Å². The van der Waals surface area contributed by atoms with Crippen LogP contribution in [0.3, 0.4) is 0 Å². The molecule has 3 nitrogen and oxygen atoms in total. The number of hydrogen-bond acceptors (Lipinski definition) is 3. The van der Waals surface area contributed by atoms with Crippen molar-refractivity contribution in [3.05, 3.63) is 29.8 Å². The maximum atomic E-state index is 5.94. The number of hydrogen-bond donors (Lipinski definition) is 1. The molecule has 0 bridgehead atoms. The Morgan fingerprint density at radius 3 is 3.00 bits per heavy atom. The van der Waals surface area contributed by atoms with Gasteiger partial charge >= 0.3 is 0 Å². The molecule has 0 aromatic heterocycles. The minimum atomic E-state index is 0.221. The van der Waals surface area contributed by atoms with E-state index in [0.717, 1.165) is 38.2 Å². The van der Waals surface area contributed by atoms with Crippen LogP contribution >= 0.6 is 0 Å². The van der Waals surface area contributed by atoms with Crippen LogP contribution in [-0.4, -0.2) is 25.9 Å². The van der Waals surface area contributed by atoms with E-state index in [1.54, 1.807) is 0 Å². The van der Waals surface area contributed by atoms with Crippen molar-refractivity contribution in [3.8, 4) is 5.75 Å². The molecule has 1 fully saturated rings. The minimum Gasteiger partial charge on any atom is -0.488 e. The fraction of sp³-hybridized carbons (Fsp3) is 0.538. The van der Waals surface area contributed by atoms with Gasteiger partial charge < -0.3 is 15.2 Å². The van der Waals surface area contributed by atoms with E-state index in [9.17, 15) is 0 Å². The smallest absolute Gasteiger partial charge is 0.124 e. The third kappa shape index (κ3) is 2.97. The molecule has 2 N–H and O–H groups in total. The van der Waals surface area contributed by atoms with E-state index < -0.39 is 0 Å². The van der Waals surface area contributed by atoms with E-state index in [0.29, 0.717) is 6.61 Å². The maximum absolute atomic E-state index is 5.94. The fourth-order valence-electron chi connectivity index (χ4n) is 1.90. The predicted molar refractivity (Wildman–Crippen MR) is 63.7 cm³/mol. The summed E-state index contributed by atoms with van der Waals surface area (Å²) in [5.74, 6) is 0.992. The first-order chi connectivity index (χ1) is 7.90. The van der Waals surface area contributed by atoms with Crippen molar-refractivity contribution < 1.29 is 9.47 Å². The Balaban J connectivity index is 2.00. The molecule has 88 valence electrons. The molecule has 1 aliphatic heterocycles. The topological polar surface area (TPSA) is 44.5 Å². The van der Waals surface area contributed by atoms with Gasteiger partial charge in [-0.1, -0.05) is 18.2 Å². The van der Waals surface area contributed by atoms with Crippen molar-refractivity contribution in [3.63, 3.8) is 0 Å². The standard InChI is InChI=1S/C13H19NO2/c14-8-3-5-11-4-1-2-6-13(11)16-12-7-9-15-10-12/h1-2,4,6,12H,3,5,7-10,14H2. The first kappa shape index (κ1) is 11.4. The van der Waals surface area contributed by atoms with Crippen molar-refractivity contribution in [2.24, 2.45) is 5.73 Å². The summed E-state index contributed by atoms with van der Waals surface area (Å²) >= 11 is 0. The van der Waals surface area contributed by atoms with Crippen LogP contribution in [0, 0.1) is 0 Å². The third-order valence-electron chi connectivity index (χ3n) is 2.80. The summed E-state index contributed by atoms with van der Waals surface area (Å²) in [5.41, 5.74) is 6.78. The molecule has 1 aliphatic rings. The molecule has 16 heavy (non-hydrogen) atoms. The molecule has 1 saturated heterocycles.